The van der Waals surface area contributed by atoms with Gasteiger partial charge in [-0.15, -0.1) is 0 Å². The Morgan fingerprint density at radius 2 is 1.64 bits per heavy atom. The van der Waals surface area contributed by atoms with E-state index in [-0.39, 0.29) is 0 Å². The predicted octanol–water partition coefficient (Wildman–Crippen LogP) is 3.78. The van der Waals surface area contributed by atoms with Crippen molar-refractivity contribution in [2.75, 3.05) is 21.3 Å². The van der Waals surface area contributed by atoms with Crippen molar-refractivity contribution in [3.8, 4) is 17.2 Å². The first-order valence-corrected chi connectivity index (χ1v) is 7.10. The van der Waals surface area contributed by atoms with Crippen molar-refractivity contribution in [3.05, 3.63) is 53.7 Å². The Kier molecular flexibility index (Phi) is 3.92. The number of fused-ring (bicyclic) bond motifs is 1. The number of ether oxygens (including phenoxy) is 3. The van der Waals surface area contributed by atoms with Crippen LogP contribution in [0.5, 0.6) is 17.2 Å². The molecule has 0 fully saturated rings. The zero-order valence-corrected chi connectivity index (χ0v) is 13.0. The average Bonchev–Trinajstić information content (AvgIpc) is 3.03. The van der Waals surface area contributed by atoms with Crippen LogP contribution in [0.3, 0.4) is 0 Å². The summed E-state index contributed by atoms with van der Waals surface area (Å²) in [5.74, 6) is 1.98. The van der Waals surface area contributed by atoms with E-state index in [1.54, 1.807) is 21.3 Å². The van der Waals surface area contributed by atoms with Gasteiger partial charge < -0.3 is 19.2 Å². The lowest BCUT2D eigenvalue weighted by Gasteiger charge is -2.14. The second-order valence-corrected chi connectivity index (χ2v) is 5.07. The minimum absolute atomic E-state index is 0.619. The molecule has 0 aliphatic rings. The molecule has 0 saturated carbocycles. The molecule has 0 unspecified atom stereocenters. The van der Waals surface area contributed by atoms with Crippen LogP contribution >= 0.6 is 0 Å². The van der Waals surface area contributed by atoms with E-state index in [0.717, 1.165) is 17.5 Å². The standard InChI is InChI=1S/C18H19NO3/c1-20-16-10-12(11-17(21-2)18(16)22-3)9-13-5-4-6-15-14(13)7-8-19-15/h4-8,10-11,19H,9H2,1-3H3. The molecule has 0 aliphatic heterocycles. The molecule has 0 saturated heterocycles. The monoisotopic (exact) mass is 297 g/mol. The molecular formula is C18H19NO3. The molecule has 0 radical (unpaired) electrons. The van der Waals surface area contributed by atoms with E-state index in [1.807, 2.05) is 18.3 Å². The minimum Gasteiger partial charge on any atom is -0.493 e. The fourth-order valence-corrected chi connectivity index (χ4v) is 2.76. The number of aromatic nitrogens is 1. The van der Waals surface area contributed by atoms with Crippen molar-refractivity contribution in [1.29, 1.82) is 0 Å². The first kappa shape index (κ1) is 14.3. The van der Waals surface area contributed by atoms with E-state index < -0.39 is 0 Å². The molecule has 3 rings (SSSR count). The van der Waals surface area contributed by atoms with Crippen LogP contribution in [-0.4, -0.2) is 26.3 Å². The SMILES string of the molecule is COc1cc(Cc2cccc3[nH]ccc23)cc(OC)c1OC. The number of aromatic amines is 1. The van der Waals surface area contributed by atoms with Crippen molar-refractivity contribution >= 4 is 10.9 Å². The van der Waals surface area contributed by atoms with Crippen molar-refractivity contribution < 1.29 is 14.2 Å². The first-order chi connectivity index (χ1) is 10.8. The molecule has 1 N–H and O–H groups in total. The van der Waals surface area contributed by atoms with Crippen LogP contribution in [-0.2, 0) is 6.42 Å². The predicted molar refractivity (Wildman–Crippen MR) is 87.2 cm³/mol. The molecule has 1 heterocycles. The Balaban J connectivity index is 2.03. The first-order valence-electron chi connectivity index (χ1n) is 7.10. The number of hydrogen-bond donors (Lipinski definition) is 1. The maximum Gasteiger partial charge on any atom is 0.203 e. The summed E-state index contributed by atoms with van der Waals surface area (Å²) in [5.41, 5.74) is 3.51. The summed E-state index contributed by atoms with van der Waals surface area (Å²) in [7, 11) is 4.88. The smallest absolute Gasteiger partial charge is 0.203 e. The quantitative estimate of drug-likeness (QED) is 0.779. The number of nitrogens with one attached hydrogen (secondary N) is 1. The highest BCUT2D eigenvalue weighted by atomic mass is 16.5. The van der Waals surface area contributed by atoms with Crippen LogP contribution in [0.2, 0.25) is 0 Å². The van der Waals surface area contributed by atoms with E-state index in [1.165, 1.54) is 10.9 Å². The van der Waals surface area contributed by atoms with E-state index in [0.29, 0.717) is 17.2 Å². The van der Waals surface area contributed by atoms with Gasteiger partial charge in [0.1, 0.15) is 0 Å². The number of rotatable bonds is 5. The Morgan fingerprint density at radius 1 is 0.909 bits per heavy atom. The van der Waals surface area contributed by atoms with Crippen LogP contribution in [0.25, 0.3) is 10.9 Å². The Labute approximate surface area is 129 Å². The molecular weight excluding hydrogens is 278 g/mol. The summed E-state index contributed by atoms with van der Waals surface area (Å²) in [6.07, 6.45) is 2.76. The van der Waals surface area contributed by atoms with Crippen molar-refractivity contribution in [3.63, 3.8) is 0 Å². The van der Waals surface area contributed by atoms with Crippen molar-refractivity contribution in [1.82, 2.24) is 4.98 Å². The Bertz CT molecular complexity index is 767. The van der Waals surface area contributed by atoms with Gasteiger partial charge >= 0.3 is 0 Å². The van der Waals surface area contributed by atoms with Crippen molar-refractivity contribution in [2.24, 2.45) is 0 Å². The van der Waals surface area contributed by atoms with Gasteiger partial charge in [0.05, 0.1) is 21.3 Å². The highest BCUT2D eigenvalue weighted by molar-refractivity contribution is 5.83. The second-order valence-electron chi connectivity index (χ2n) is 5.07. The maximum absolute atomic E-state index is 5.42. The third-order valence-electron chi connectivity index (χ3n) is 3.80. The Hall–Kier alpha value is -2.62. The molecule has 4 nitrogen and oxygen atoms in total. The van der Waals surface area contributed by atoms with Gasteiger partial charge in [-0.25, -0.2) is 0 Å². The zero-order chi connectivity index (χ0) is 15.5. The van der Waals surface area contributed by atoms with Crippen molar-refractivity contribution in [2.45, 2.75) is 6.42 Å². The van der Waals surface area contributed by atoms with E-state index >= 15 is 0 Å². The van der Waals surface area contributed by atoms with Gasteiger partial charge in [-0.2, -0.15) is 0 Å². The molecule has 2 aromatic carbocycles. The third-order valence-corrected chi connectivity index (χ3v) is 3.80. The zero-order valence-electron chi connectivity index (χ0n) is 13.0. The van der Waals surface area contributed by atoms with Crippen LogP contribution in [0, 0.1) is 0 Å². The summed E-state index contributed by atoms with van der Waals surface area (Å²) in [6, 6.07) is 12.4. The largest absolute Gasteiger partial charge is 0.493 e. The van der Waals surface area contributed by atoms with Gasteiger partial charge in [0.15, 0.2) is 11.5 Å². The topological polar surface area (TPSA) is 43.5 Å². The fourth-order valence-electron chi connectivity index (χ4n) is 2.76. The molecule has 0 spiro atoms. The van der Waals surface area contributed by atoms with Gasteiger partial charge in [0.2, 0.25) is 5.75 Å². The van der Waals surface area contributed by atoms with Gasteiger partial charge in [-0.3, -0.25) is 0 Å². The molecule has 22 heavy (non-hydrogen) atoms. The van der Waals surface area contributed by atoms with Crippen LogP contribution < -0.4 is 14.2 Å². The molecule has 0 amide bonds. The number of H-pyrrole nitrogens is 1. The highest BCUT2D eigenvalue weighted by Gasteiger charge is 2.14. The van der Waals surface area contributed by atoms with E-state index in [9.17, 15) is 0 Å². The summed E-state index contributed by atoms with van der Waals surface area (Å²) < 4.78 is 16.2. The number of benzene rings is 2. The highest BCUT2D eigenvalue weighted by Crippen LogP contribution is 2.39. The summed E-state index contributed by atoms with van der Waals surface area (Å²) in [4.78, 5) is 3.24. The van der Waals surface area contributed by atoms with Gasteiger partial charge in [-0.05, 0) is 41.8 Å². The summed E-state index contributed by atoms with van der Waals surface area (Å²) in [5, 5.41) is 1.23. The fraction of sp³-hybridized carbons (Fsp3) is 0.222. The van der Waals surface area contributed by atoms with Crippen LogP contribution in [0.15, 0.2) is 42.6 Å². The van der Waals surface area contributed by atoms with Gasteiger partial charge in [-0.1, -0.05) is 12.1 Å². The molecule has 1 aromatic heterocycles. The molecule has 0 aliphatic carbocycles. The number of methoxy groups -OCH3 is 3. The average molecular weight is 297 g/mol. The molecule has 3 aromatic rings. The number of hydrogen-bond acceptors (Lipinski definition) is 3. The van der Waals surface area contributed by atoms with E-state index in [2.05, 4.69) is 29.2 Å². The van der Waals surface area contributed by atoms with Gasteiger partial charge in [0.25, 0.3) is 0 Å². The maximum atomic E-state index is 5.42. The third kappa shape index (κ3) is 2.48. The summed E-state index contributed by atoms with van der Waals surface area (Å²) >= 11 is 0. The minimum atomic E-state index is 0.619. The van der Waals surface area contributed by atoms with Crippen LogP contribution in [0.4, 0.5) is 0 Å². The second kappa shape index (κ2) is 6.02. The Morgan fingerprint density at radius 3 is 2.27 bits per heavy atom. The lowest BCUT2D eigenvalue weighted by molar-refractivity contribution is 0.324. The van der Waals surface area contributed by atoms with Gasteiger partial charge in [0, 0.05) is 17.1 Å². The summed E-state index contributed by atoms with van der Waals surface area (Å²) in [6.45, 7) is 0. The molecule has 0 atom stereocenters. The molecule has 4 heteroatoms. The normalized spacial score (nSPS) is 10.7. The lowest BCUT2D eigenvalue weighted by atomic mass is 10.0. The molecule has 114 valence electrons. The van der Waals surface area contributed by atoms with E-state index in [4.69, 9.17) is 14.2 Å². The molecule has 0 bridgehead atoms. The lowest BCUT2D eigenvalue weighted by Crippen LogP contribution is -1.98. The van der Waals surface area contributed by atoms with Crippen LogP contribution in [0.1, 0.15) is 11.1 Å².